The molecule has 1 rings (SSSR count). The lowest BCUT2D eigenvalue weighted by molar-refractivity contribution is -0.142. The second-order valence-electron chi connectivity index (χ2n) is 6.20. The van der Waals surface area contributed by atoms with Gasteiger partial charge in [-0.1, -0.05) is 33.1 Å². The van der Waals surface area contributed by atoms with Gasteiger partial charge in [-0.2, -0.15) is 0 Å². The molecule has 0 aromatic rings. The maximum atomic E-state index is 12.3. The highest BCUT2D eigenvalue weighted by Gasteiger charge is 2.25. The molecule has 0 aromatic heterocycles. The summed E-state index contributed by atoms with van der Waals surface area (Å²) < 4.78 is 0. The van der Waals surface area contributed by atoms with Crippen LogP contribution in [-0.4, -0.2) is 61.4 Å². The number of nitrogens with zero attached hydrogens (tertiary/aromatic N) is 2. The van der Waals surface area contributed by atoms with E-state index in [1.165, 1.54) is 19.3 Å². The quantitative estimate of drug-likeness (QED) is 0.774. The van der Waals surface area contributed by atoms with Gasteiger partial charge in [0.1, 0.15) is 0 Å². The smallest absolute Gasteiger partial charge is 0.242 e. The number of nitrogens with one attached hydrogen (secondary N) is 1. The minimum atomic E-state index is -0.0947. The predicted octanol–water partition coefficient (Wildman–Crippen LogP) is 1.48. The lowest BCUT2D eigenvalue weighted by Gasteiger charge is -2.32. The molecule has 0 aliphatic heterocycles. The number of hydrogen-bond donors (Lipinski definition) is 1. The third-order valence-corrected chi connectivity index (χ3v) is 4.39. The van der Waals surface area contributed by atoms with E-state index < -0.39 is 0 Å². The zero-order chi connectivity index (χ0) is 15.8. The van der Waals surface area contributed by atoms with Gasteiger partial charge in [-0.3, -0.25) is 9.59 Å². The second-order valence-corrected chi connectivity index (χ2v) is 6.20. The van der Waals surface area contributed by atoms with Gasteiger partial charge in [0.05, 0.1) is 6.54 Å². The third-order valence-electron chi connectivity index (χ3n) is 4.39. The zero-order valence-corrected chi connectivity index (χ0v) is 14.0. The summed E-state index contributed by atoms with van der Waals surface area (Å²) in [5.41, 5.74) is 0. The Hall–Kier alpha value is -1.10. The van der Waals surface area contributed by atoms with Crippen LogP contribution in [-0.2, 0) is 9.59 Å². The van der Waals surface area contributed by atoms with Crippen molar-refractivity contribution in [1.29, 1.82) is 0 Å². The summed E-state index contributed by atoms with van der Waals surface area (Å²) in [6.07, 6.45) is 5.87. The van der Waals surface area contributed by atoms with Crippen LogP contribution in [0, 0.1) is 5.92 Å². The van der Waals surface area contributed by atoms with Crippen LogP contribution in [0.1, 0.15) is 46.0 Å². The third kappa shape index (κ3) is 5.65. The average Bonchev–Trinajstić information content (AvgIpc) is 2.51. The first kappa shape index (κ1) is 18.0. The molecule has 1 aliphatic rings. The molecule has 1 saturated carbocycles. The van der Waals surface area contributed by atoms with Crippen LogP contribution in [0.5, 0.6) is 0 Å². The predicted molar refractivity (Wildman–Crippen MR) is 85.0 cm³/mol. The molecule has 5 heteroatoms. The SMILES string of the molecule is CCNCC(C)C(=O)N(C)CC(=O)N(C)C1CCCCC1. The minimum absolute atomic E-state index is 0.0290. The van der Waals surface area contributed by atoms with Gasteiger partial charge < -0.3 is 15.1 Å². The summed E-state index contributed by atoms with van der Waals surface area (Å²) in [4.78, 5) is 27.9. The maximum absolute atomic E-state index is 12.3. The standard InChI is InChI=1S/C16H31N3O2/c1-5-17-11-13(2)16(21)18(3)12-15(20)19(4)14-9-7-6-8-10-14/h13-14,17H,5-12H2,1-4H3. The molecule has 1 unspecified atom stereocenters. The lowest BCUT2D eigenvalue weighted by Crippen LogP contribution is -2.46. The van der Waals surface area contributed by atoms with E-state index in [0.29, 0.717) is 12.6 Å². The molecule has 0 heterocycles. The summed E-state index contributed by atoms with van der Waals surface area (Å²) in [5.74, 6) is -0.0162. The Kier molecular flexibility index (Phi) is 7.72. The molecule has 5 nitrogen and oxygen atoms in total. The largest absolute Gasteiger partial charge is 0.341 e. The van der Waals surface area contributed by atoms with Crippen LogP contribution in [0.4, 0.5) is 0 Å². The van der Waals surface area contributed by atoms with Crippen LogP contribution in [0.25, 0.3) is 0 Å². The molecule has 0 spiro atoms. The Bertz CT molecular complexity index is 340. The van der Waals surface area contributed by atoms with Crippen molar-refractivity contribution in [2.24, 2.45) is 5.92 Å². The normalized spacial score (nSPS) is 17.3. The molecule has 1 aliphatic carbocycles. The van der Waals surface area contributed by atoms with Crippen molar-refractivity contribution < 1.29 is 9.59 Å². The molecule has 0 saturated heterocycles. The molecule has 1 atom stereocenters. The van der Waals surface area contributed by atoms with E-state index in [9.17, 15) is 9.59 Å². The van der Waals surface area contributed by atoms with Gasteiger partial charge in [0.15, 0.2) is 0 Å². The summed E-state index contributed by atoms with van der Waals surface area (Å²) in [7, 11) is 3.59. The second kappa shape index (κ2) is 9.03. The summed E-state index contributed by atoms with van der Waals surface area (Å²) in [6, 6.07) is 0.355. The highest BCUT2D eigenvalue weighted by atomic mass is 16.2. The Morgan fingerprint density at radius 1 is 1.19 bits per heavy atom. The number of hydrogen-bond acceptors (Lipinski definition) is 3. The van der Waals surface area contributed by atoms with Crippen LogP contribution < -0.4 is 5.32 Å². The first-order valence-electron chi connectivity index (χ1n) is 8.18. The number of amides is 2. The first-order chi connectivity index (χ1) is 9.97. The molecule has 0 bridgehead atoms. The van der Waals surface area contributed by atoms with E-state index in [4.69, 9.17) is 0 Å². The highest BCUT2D eigenvalue weighted by molar-refractivity contribution is 5.85. The topological polar surface area (TPSA) is 52.7 Å². The van der Waals surface area contributed by atoms with E-state index in [-0.39, 0.29) is 24.3 Å². The Balaban J connectivity index is 2.43. The molecule has 122 valence electrons. The monoisotopic (exact) mass is 297 g/mol. The number of carbonyl (C=O) groups excluding carboxylic acids is 2. The van der Waals surface area contributed by atoms with Gasteiger partial charge in [-0.05, 0) is 19.4 Å². The Labute approximate surface area is 129 Å². The molecule has 1 N–H and O–H groups in total. The van der Waals surface area contributed by atoms with Gasteiger partial charge in [0.25, 0.3) is 0 Å². The van der Waals surface area contributed by atoms with Crippen LogP contribution in [0.2, 0.25) is 0 Å². The average molecular weight is 297 g/mol. The number of carbonyl (C=O) groups is 2. The van der Waals surface area contributed by atoms with Gasteiger partial charge in [-0.25, -0.2) is 0 Å². The zero-order valence-electron chi connectivity index (χ0n) is 14.0. The highest BCUT2D eigenvalue weighted by Crippen LogP contribution is 2.21. The van der Waals surface area contributed by atoms with Crippen LogP contribution >= 0.6 is 0 Å². The minimum Gasteiger partial charge on any atom is -0.341 e. The molecule has 0 radical (unpaired) electrons. The van der Waals surface area contributed by atoms with Gasteiger partial charge in [0, 0.05) is 32.6 Å². The van der Waals surface area contributed by atoms with Crippen molar-refractivity contribution in [3.05, 3.63) is 0 Å². The van der Waals surface area contributed by atoms with Gasteiger partial charge in [-0.15, -0.1) is 0 Å². The fourth-order valence-electron chi connectivity index (χ4n) is 2.89. The Morgan fingerprint density at radius 3 is 2.38 bits per heavy atom. The fourth-order valence-corrected chi connectivity index (χ4v) is 2.89. The molecular formula is C16H31N3O2. The van der Waals surface area contributed by atoms with E-state index in [2.05, 4.69) is 5.32 Å². The fraction of sp³-hybridized carbons (Fsp3) is 0.875. The van der Waals surface area contributed by atoms with Crippen molar-refractivity contribution in [3.8, 4) is 0 Å². The van der Waals surface area contributed by atoms with E-state index in [1.54, 1.807) is 11.9 Å². The van der Waals surface area contributed by atoms with Crippen molar-refractivity contribution in [2.75, 3.05) is 33.7 Å². The summed E-state index contributed by atoms with van der Waals surface area (Å²) in [5, 5.41) is 3.17. The number of likely N-dealkylation sites (N-methyl/N-ethyl adjacent to an activating group) is 2. The summed E-state index contributed by atoms with van der Waals surface area (Å²) in [6.45, 7) is 5.61. The van der Waals surface area contributed by atoms with Crippen molar-refractivity contribution in [1.82, 2.24) is 15.1 Å². The maximum Gasteiger partial charge on any atom is 0.242 e. The molecule has 0 aromatic carbocycles. The lowest BCUT2D eigenvalue weighted by atomic mass is 9.94. The first-order valence-corrected chi connectivity index (χ1v) is 8.18. The van der Waals surface area contributed by atoms with Gasteiger partial charge >= 0.3 is 0 Å². The summed E-state index contributed by atoms with van der Waals surface area (Å²) >= 11 is 0. The molecule has 2 amide bonds. The number of rotatable bonds is 7. The van der Waals surface area contributed by atoms with E-state index in [0.717, 1.165) is 19.4 Å². The van der Waals surface area contributed by atoms with Crippen LogP contribution in [0.3, 0.4) is 0 Å². The van der Waals surface area contributed by atoms with Crippen LogP contribution in [0.15, 0.2) is 0 Å². The van der Waals surface area contributed by atoms with E-state index >= 15 is 0 Å². The van der Waals surface area contributed by atoms with E-state index in [1.807, 2.05) is 25.8 Å². The molecule has 21 heavy (non-hydrogen) atoms. The Morgan fingerprint density at radius 2 is 1.81 bits per heavy atom. The molecular weight excluding hydrogens is 266 g/mol. The van der Waals surface area contributed by atoms with Gasteiger partial charge in [0.2, 0.25) is 11.8 Å². The van der Waals surface area contributed by atoms with Crippen molar-refractivity contribution >= 4 is 11.8 Å². The van der Waals surface area contributed by atoms with Crippen molar-refractivity contribution in [2.45, 2.75) is 52.0 Å². The molecule has 1 fully saturated rings. The van der Waals surface area contributed by atoms with Crippen molar-refractivity contribution in [3.63, 3.8) is 0 Å².